The number of rotatable bonds is 5. The van der Waals surface area contributed by atoms with Gasteiger partial charge < -0.3 is 10.6 Å². The molecule has 0 radical (unpaired) electrons. The Morgan fingerprint density at radius 1 is 1.20 bits per heavy atom. The molecular formula is C15H17F4IN4S. The molecule has 138 valence electrons. The maximum Gasteiger partial charge on any atom is 0.434 e. The third-order valence-corrected chi connectivity index (χ3v) is 3.98. The summed E-state index contributed by atoms with van der Waals surface area (Å²) in [6.07, 6.45) is -4.05. The number of hydrogen-bond donors (Lipinski definition) is 2. The van der Waals surface area contributed by atoms with Crippen molar-refractivity contribution in [1.82, 2.24) is 15.6 Å². The second kappa shape index (κ2) is 9.90. The summed E-state index contributed by atoms with van der Waals surface area (Å²) in [5.74, 6) is 0.204. The van der Waals surface area contributed by atoms with Crippen molar-refractivity contribution in [2.45, 2.75) is 19.1 Å². The van der Waals surface area contributed by atoms with Crippen LogP contribution in [0.1, 0.15) is 16.3 Å². The second-order valence-electron chi connectivity index (χ2n) is 4.85. The lowest BCUT2D eigenvalue weighted by Gasteiger charge is -2.11. The van der Waals surface area contributed by atoms with E-state index in [1.54, 1.807) is 19.2 Å². The summed E-state index contributed by atoms with van der Waals surface area (Å²) in [6.45, 7) is 0.851. The molecule has 0 unspecified atom stereocenters. The first-order valence-electron chi connectivity index (χ1n) is 7.09. The molecule has 25 heavy (non-hydrogen) atoms. The fraction of sp³-hybridized carbons (Fsp3) is 0.333. The van der Waals surface area contributed by atoms with Crippen LogP contribution in [0.2, 0.25) is 0 Å². The molecule has 1 aromatic heterocycles. The van der Waals surface area contributed by atoms with E-state index < -0.39 is 11.9 Å². The molecule has 0 spiro atoms. The smallest absolute Gasteiger partial charge is 0.356 e. The molecule has 0 amide bonds. The highest BCUT2D eigenvalue weighted by atomic mass is 127. The Morgan fingerprint density at radius 3 is 2.44 bits per heavy atom. The van der Waals surface area contributed by atoms with Gasteiger partial charge >= 0.3 is 6.18 Å². The first-order valence-corrected chi connectivity index (χ1v) is 7.97. The molecule has 0 aliphatic rings. The van der Waals surface area contributed by atoms with Gasteiger partial charge in [-0.05, 0) is 17.7 Å². The molecule has 0 saturated heterocycles. The van der Waals surface area contributed by atoms with Gasteiger partial charge in [-0.1, -0.05) is 12.1 Å². The minimum Gasteiger partial charge on any atom is -0.356 e. The summed E-state index contributed by atoms with van der Waals surface area (Å²) in [5.41, 5.74) is 0.0235. The number of alkyl halides is 3. The van der Waals surface area contributed by atoms with Crippen molar-refractivity contribution >= 4 is 41.3 Å². The van der Waals surface area contributed by atoms with Crippen LogP contribution in [-0.2, 0) is 19.1 Å². The Labute approximate surface area is 163 Å². The van der Waals surface area contributed by atoms with Crippen LogP contribution in [0, 0.1) is 5.82 Å². The minimum absolute atomic E-state index is 0. The van der Waals surface area contributed by atoms with Crippen molar-refractivity contribution in [3.05, 3.63) is 51.7 Å². The van der Waals surface area contributed by atoms with E-state index in [1.807, 2.05) is 0 Å². The van der Waals surface area contributed by atoms with Gasteiger partial charge in [0.15, 0.2) is 11.7 Å². The molecule has 0 aliphatic carbocycles. The predicted octanol–water partition coefficient (Wildman–Crippen LogP) is 3.83. The van der Waals surface area contributed by atoms with Gasteiger partial charge in [0.05, 0.1) is 5.01 Å². The molecule has 0 fully saturated rings. The van der Waals surface area contributed by atoms with Gasteiger partial charge in [0, 0.05) is 31.9 Å². The monoisotopic (exact) mass is 488 g/mol. The Bertz CT molecular complexity index is 686. The van der Waals surface area contributed by atoms with Crippen molar-refractivity contribution in [1.29, 1.82) is 0 Å². The van der Waals surface area contributed by atoms with Crippen LogP contribution >= 0.6 is 35.3 Å². The average molecular weight is 488 g/mol. The third-order valence-electron chi connectivity index (χ3n) is 3.07. The van der Waals surface area contributed by atoms with E-state index in [0.29, 0.717) is 30.5 Å². The Balaban J connectivity index is 0.00000312. The SMILES string of the molecule is CN=C(NCCc1nc(C(F)(F)F)cs1)NCc1ccc(F)cc1.I. The summed E-state index contributed by atoms with van der Waals surface area (Å²) in [5, 5.41) is 7.46. The van der Waals surface area contributed by atoms with E-state index in [-0.39, 0.29) is 29.8 Å². The number of aliphatic imine (C=N–C) groups is 1. The molecule has 1 heterocycles. The zero-order valence-corrected chi connectivity index (χ0v) is 16.4. The molecule has 0 saturated carbocycles. The Hall–Kier alpha value is -1.43. The lowest BCUT2D eigenvalue weighted by molar-refractivity contribution is -0.140. The van der Waals surface area contributed by atoms with Crippen LogP contribution in [0.3, 0.4) is 0 Å². The quantitative estimate of drug-likeness (QED) is 0.291. The zero-order chi connectivity index (χ0) is 17.6. The van der Waals surface area contributed by atoms with Crippen LogP contribution in [-0.4, -0.2) is 24.5 Å². The summed E-state index contributed by atoms with van der Waals surface area (Å²) in [4.78, 5) is 7.58. The van der Waals surface area contributed by atoms with E-state index in [1.165, 1.54) is 12.1 Å². The minimum atomic E-state index is -4.41. The van der Waals surface area contributed by atoms with Gasteiger partial charge in [0.25, 0.3) is 0 Å². The number of benzene rings is 1. The summed E-state index contributed by atoms with van der Waals surface area (Å²) in [7, 11) is 1.59. The summed E-state index contributed by atoms with van der Waals surface area (Å²) < 4.78 is 50.2. The first-order chi connectivity index (χ1) is 11.4. The largest absolute Gasteiger partial charge is 0.434 e. The number of hydrogen-bond acceptors (Lipinski definition) is 3. The zero-order valence-electron chi connectivity index (χ0n) is 13.2. The fourth-order valence-corrected chi connectivity index (χ4v) is 2.66. The Morgan fingerprint density at radius 2 is 1.88 bits per heavy atom. The van der Waals surface area contributed by atoms with Crippen molar-refractivity contribution in [3.8, 4) is 0 Å². The lowest BCUT2D eigenvalue weighted by Crippen LogP contribution is -2.37. The molecule has 0 atom stereocenters. The van der Waals surface area contributed by atoms with E-state index in [2.05, 4.69) is 20.6 Å². The van der Waals surface area contributed by atoms with Crippen molar-refractivity contribution in [3.63, 3.8) is 0 Å². The van der Waals surface area contributed by atoms with Gasteiger partial charge in [0.2, 0.25) is 0 Å². The first kappa shape index (κ1) is 21.6. The number of halogens is 5. The molecule has 2 N–H and O–H groups in total. The summed E-state index contributed by atoms with van der Waals surface area (Å²) in [6, 6.07) is 6.05. The fourth-order valence-electron chi connectivity index (χ4n) is 1.85. The number of thiazole rings is 1. The van der Waals surface area contributed by atoms with Gasteiger partial charge in [-0.2, -0.15) is 13.2 Å². The third kappa shape index (κ3) is 7.14. The van der Waals surface area contributed by atoms with Gasteiger partial charge in [-0.15, -0.1) is 35.3 Å². The average Bonchev–Trinajstić information content (AvgIpc) is 3.01. The highest BCUT2D eigenvalue weighted by molar-refractivity contribution is 14.0. The Kier molecular flexibility index (Phi) is 8.56. The lowest BCUT2D eigenvalue weighted by atomic mass is 10.2. The van der Waals surface area contributed by atoms with E-state index >= 15 is 0 Å². The molecule has 4 nitrogen and oxygen atoms in total. The van der Waals surface area contributed by atoms with Crippen LogP contribution in [0.5, 0.6) is 0 Å². The van der Waals surface area contributed by atoms with Gasteiger partial charge in [0.1, 0.15) is 5.82 Å². The number of guanidine groups is 1. The van der Waals surface area contributed by atoms with Crippen molar-refractivity contribution in [2.24, 2.45) is 4.99 Å². The summed E-state index contributed by atoms with van der Waals surface area (Å²) >= 11 is 0.980. The molecule has 10 heteroatoms. The second-order valence-corrected chi connectivity index (χ2v) is 5.80. The number of aromatic nitrogens is 1. The maximum atomic E-state index is 12.8. The van der Waals surface area contributed by atoms with Crippen LogP contribution in [0.4, 0.5) is 17.6 Å². The topological polar surface area (TPSA) is 49.3 Å². The number of nitrogens with one attached hydrogen (secondary N) is 2. The van der Waals surface area contributed by atoms with E-state index in [0.717, 1.165) is 22.3 Å². The molecule has 0 aliphatic heterocycles. The van der Waals surface area contributed by atoms with Crippen LogP contribution < -0.4 is 10.6 Å². The van der Waals surface area contributed by atoms with Crippen molar-refractivity contribution in [2.75, 3.05) is 13.6 Å². The highest BCUT2D eigenvalue weighted by Crippen LogP contribution is 2.29. The van der Waals surface area contributed by atoms with Gasteiger partial charge in [-0.3, -0.25) is 4.99 Å². The molecule has 0 bridgehead atoms. The molecule has 1 aromatic carbocycles. The van der Waals surface area contributed by atoms with E-state index in [4.69, 9.17) is 0 Å². The van der Waals surface area contributed by atoms with E-state index in [9.17, 15) is 17.6 Å². The number of nitrogens with zero attached hydrogens (tertiary/aromatic N) is 2. The standard InChI is InChI=1S/C15H16F4N4S.HI/c1-20-14(22-8-10-2-4-11(16)5-3-10)21-7-6-13-23-12(9-24-13)15(17,18)19;/h2-5,9H,6-8H2,1H3,(H2,20,21,22);1H. The van der Waals surface area contributed by atoms with Gasteiger partial charge in [-0.25, -0.2) is 9.37 Å². The molecule has 2 aromatic rings. The molecule has 2 rings (SSSR count). The molecular weight excluding hydrogens is 471 g/mol. The predicted molar refractivity (Wildman–Crippen MR) is 101 cm³/mol. The van der Waals surface area contributed by atoms with Crippen LogP contribution in [0.25, 0.3) is 0 Å². The van der Waals surface area contributed by atoms with Crippen LogP contribution in [0.15, 0.2) is 34.6 Å². The maximum absolute atomic E-state index is 12.8. The van der Waals surface area contributed by atoms with Crippen molar-refractivity contribution < 1.29 is 17.6 Å². The normalized spacial score (nSPS) is 11.8. The highest BCUT2D eigenvalue weighted by Gasteiger charge is 2.33.